The molecule has 1 fully saturated rings. The number of nitrogens with zero attached hydrogens (tertiary/aromatic N) is 1. The summed E-state index contributed by atoms with van der Waals surface area (Å²) in [5.74, 6) is -0.548. The predicted octanol–water partition coefficient (Wildman–Crippen LogP) is 1.23. The van der Waals surface area contributed by atoms with Crippen LogP contribution in [0.1, 0.15) is 29.6 Å². The average molecular weight is 298 g/mol. The van der Waals surface area contributed by atoms with E-state index in [1.807, 2.05) is 0 Å². The predicted molar refractivity (Wildman–Crippen MR) is 74.8 cm³/mol. The van der Waals surface area contributed by atoms with Gasteiger partial charge in [0.25, 0.3) is 0 Å². The smallest absolute Gasteiger partial charge is 0.337 e. The summed E-state index contributed by atoms with van der Waals surface area (Å²) < 4.78 is 30.9. The summed E-state index contributed by atoms with van der Waals surface area (Å²) in [6, 6.07) is 4.13. The van der Waals surface area contributed by atoms with Crippen molar-refractivity contribution in [3.63, 3.8) is 0 Å². The van der Waals surface area contributed by atoms with E-state index in [0.29, 0.717) is 0 Å². The van der Waals surface area contributed by atoms with Gasteiger partial charge in [0.05, 0.1) is 18.4 Å². The number of methoxy groups -OCH3 is 1. The van der Waals surface area contributed by atoms with Crippen molar-refractivity contribution in [2.75, 3.05) is 19.9 Å². The second-order valence-corrected chi connectivity index (χ2v) is 6.82. The molecule has 0 atom stereocenters. The molecule has 6 nitrogen and oxygen atoms in total. The first-order valence-corrected chi connectivity index (χ1v) is 7.78. The van der Waals surface area contributed by atoms with E-state index in [1.54, 1.807) is 7.05 Å². The molecule has 20 heavy (non-hydrogen) atoms. The van der Waals surface area contributed by atoms with E-state index >= 15 is 0 Å². The fourth-order valence-electron chi connectivity index (χ4n) is 2.13. The number of benzene rings is 1. The lowest BCUT2D eigenvalue weighted by Crippen LogP contribution is -2.41. The molecule has 0 heterocycles. The quantitative estimate of drug-likeness (QED) is 0.667. The normalized spacial score (nSPS) is 15.9. The number of carbonyl (C=O) groups excluding carboxylic acids is 1. The number of anilines is 1. The molecule has 2 N–H and O–H groups in total. The summed E-state index contributed by atoms with van der Waals surface area (Å²) >= 11 is 0. The van der Waals surface area contributed by atoms with Gasteiger partial charge < -0.3 is 10.5 Å². The van der Waals surface area contributed by atoms with Crippen LogP contribution in [0.2, 0.25) is 0 Å². The van der Waals surface area contributed by atoms with Gasteiger partial charge in [-0.25, -0.2) is 13.2 Å². The second kappa shape index (κ2) is 5.41. The van der Waals surface area contributed by atoms with E-state index < -0.39 is 16.0 Å². The number of nitrogens with two attached hydrogens (primary N) is 1. The zero-order valence-electron chi connectivity index (χ0n) is 11.5. The molecular weight excluding hydrogens is 280 g/mol. The third-order valence-corrected chi connectivity index (χ3v) is 5.66. The Morgan fingerprint density at radius 3 is 2.50 bits per heavy atom. The number of rotatable bonds is 4. The molecule has 7 heteroatoms. The second-order valence-electron chi connectivity index (χ2n) is 4.85. The summed E-state index contributed by atoms with van der Waals surface area (Å²) in [7, 11) is -0.803. The lowest BCUT2D eigenvalue weighted by molar-refractivity contribution is 0.0600. The molecule has 1 aromatic carbocycles. The topological polar surface area (TPSA) is 89.7 Å². The molecule has 1 aliphatic carbocycles. The summed E-state index contributed by atoms with van der Waals surface area (Å²) in [5, 5.41) is 0. The van der Waals surface area contributed by atoms with Gasteiger partial charge in [0, 0.05) is 13.1 Å². The number of nitrogen functional groups attached to an aromatic ring is 1. The van der Waals surface area contributed by atoms with Gasteiger partial charge >= 0.3 is 5.97 Å². The van der Waals surface area contributed by atoms with Gasteiger partial charge in [0.2, 0.25) is 10.0 Å². The number of hydrogen-bond acceptors (Lipinski definition) is 5. The van der Waals surface area contributed by atoms with Crippen LogP contribution >= 0.6 is 0 Å². The fraction of sp³-hybridized carbons (Fsp3) is 0.462. The van der Waals surface area contributed by atoms with Crippen molar-refractivity contribution >= 4 is 21.7 Å². The maximum absolute atomic E-state index is 12.5. The molecule has 0 bridgehead atoms. The lowest BCUT2D eigenvalue weighted by Gasteiger charge is -2.34. The molecule has 2 rings (SSSR count). The monoisotopic (exact) mass is 298 g/mol. The lowest BCUT2D eigenvalue weighted by atomic mass is 9.94. The van der Waals surface area contributed by atoms with E-state index in [4.69, 9.17) is 5.73 Å². The Kier molecular flexibility index (Phi) is 4.01. The number of hydrogen-bond donors (Lipinski definition) is 1. The number of carbonyl (C=O) groups is 1. The van der Waals surface area contributed by atoms with Crippen LogP contribution in [-0.2, 0) is 14.8 Å². The molecule has 1 aliphatic rings. The van der Waals surface area contributed by atoms with E-state index in [2.05, 4.69) is 4.74 Å². The molecule has 0 aliphatic heterocycles. The molecule has 0 aromatic heterocycles. The number of ether oxygens (including phenoxy) is 1. The van der Waals surface area contributed by atoms with E-state index in [-0.39, 0.29) is 22.2 Å². The van der Waals surface area contributed by atoms with Crippen molar-refractivity contribution in [2.45, 2.75) is 30.2 Å². The van der Waals surface area contributed by atoms with Gasteiger partial charge in [-0.3, -0.25) is 0 Å². The molecule has 1 aromatic rings. The third-order valence-electron chi connectivity index (χ3n) is 3.68. The van der Waals surface area contributed by atoms with Gasteiger partial charge in [-0.1, -0.05) is 6.42 Å². The van der Waals surface area contributed by atoms with Crippen LogP contribution in [0.4, 0.5) is 5.69 Å². The van der Waals surface area contributed by atoms with Crippen LogP contribution in [-0.4, -0.2) is 38.9 Å². The van der Waals surface area contributed by atoms with Gasteiger partial charge in [0.15, 0.2) is 0 Å². The van der Waals surface area contributed by atoms with E-state index in [1.165, 1.54) is 29.6 Å². The first kappa shape index (κ1) is 14.8. The van der Waals surface area contributed by atoms with Crippen LogP contribution in [0, 0.1) is 0 Å². The van der Waals surface area contributed by atoms with Crippen LogP contribution in [0.3, 0.4) is 0 Å². The van der Waals surface area contributed by atoms with Crippen molar-refractivity contribution in [3.8, 4) is 0 Å². The molecule has 0 unspecified atom stereocenters. The molecule has 110 valence electrons. The minimum absolute atomic E-state index is 0.0274. The van der Waals surface area contributed by atoms with Crippen molar-refractivity contribution < 1.29 is 17.9 Å². The molecule has 0 spiro atoms. The Bertz CT molecular complexity index is 623. The maximum atomic E-state index is 12.5. The summed E-state index contributed by atoms with van der Waals surface area (Å²) in [5.41, 5.74) is 6.07. The van der Waals surface area contributed by atoms with Crippen molar-refractivity contribution in [1.82, 2.24) is 4.31 Å². The standard InChI is InChI=1S/C13H18N2O4S/c1-15(10-4-3-5-10)20(17,18)12-7-6-9(8-11(12)14)13(16)19-2/h6-8,10H,3-5,14H2,1-2H3. The van der Waals surface area contributed by atoms with Crippen molar-refractivity contribution in [1.29, 1.82) is 0 Å². The Morgan fingerprint density at radius 2 is 2.05 bits per heavy atom. The Hall–Kier alpha value is -1.60. The van der Waals surface area contributed by atoms with Gasteiger partial charge in [-0.15, -0.1) is 0 Å². The van der Waals surface area contributed by atoms with Gasteiger partial charge in [-0.05, 0) is 31.0 Å². The highest BCUT2D eigenvalue weighted by molar-refractivity contribution is 7.89. The van der Waals surface area contributed by atoms with Crippen molar-refractivity contribution in [3.05, 3.63) is 23.8 Å². The SMILES string of the molecule is COC(=O)c1ccc(S(=O)(=O)N(C)C2CCC2)c(N)c1. The van der Waals surface area contributed by atoms with Gasteiger partial charge in [-0.2, -0.15) is 4.31 Å². The molecule has 0 saturated heterocycles. The zero-order valence-corrected chi connectivity index (χ0v) is 12.3. The molecule has 0 radical (unpaired) electrons. The molecule has 0 amide bonds. The first-order chi connectivity index (χ1) is 9.37. The largest absolute Gasteiger partial charge is 0.465 e. The van der Waals surface area contributed by atoms with Crippen LogP contribution < -0.4 is 5.73 Å². The van der Waals surface area contributed by atoms with E-state index in [0.717, 1.165) is 19.3 Å². The highest BCUT2D eigenvalue weighted by Gasteiger charge is 2.33. The molecular formula is C13H18N2O4S. The number of esters is 1. The zero-order chi connectivity index (χ0) is 14.9. The first-order valence-electron chi connectivity index (χ1n) is 6.34. The van der Waals surface area contributed by atoms with Crippen molar-refractivity contribution in [2.24, 2.45) is 0 Å². The highest BCUT2D eigenvalue weighted by atomic mass is 32.2. The van der Waals surface area contributed by atoms with Gasteiger partial charge in [0.1, 0.15) is 4.90 Å². The Balaban J connectivity index is 2.34. The van der Waals surface area contributed by atoms with Crippen LogP contribution in [0.25, 0.3) is 0 Å². The Labute approximate surface area is 118 Å². The average Bonchev–Trinajstić information content (AvgIpc) is 2.35. The van der Waals surface area contributed by atoms with E-state index in [9.17, 15) is 13.2 Å². The summed E-state index contributed by atoms with van der Waals surface area (Å²) in [6.45, 7) is 0. The summed E-state index contributed by atoms with van der Waals surface area (Å²) in [6.07, 6.45) is 2.78. The minimum atomic E-state index is -3.62. The highest BCUT2D eigenvalue weighted by Crippen LogP contribution is 2.30. The third kappa shape index (κ3) is 2.51. The minimum Gasteiger partial charge on any atom is -0.465 e. The number of sulfonamides is 1. The van der Waals surface area contributed by atoms with Crippen LogP contribution in [0.5, 0.6) is 0 Å². The summed E-state index contributed by atoms with van der Waals surface area (Å²) in [4.78, 5) is 11.4. The Morgan fingerprint density at radius 1 is 1.40 bits per heavy atom. The van der Waals surface area contributed by atoms with Crippen LogP contribution in [0.15, 0.2) is 23.1 Å². The fourth-order valence-corrected chi connectivity index (χ4v) is 3.64. The maximum Gasteiger partial charge on any atom is 0.337 e. The molecule has 1 saturated carbocycles.